The molecule has 0 fully saturated rings. The molecule has 74 valence electrons. The van der Waals surface area contributed by atoms with Gasteiger partial charge in [-0.15, -0.1) is 0 Å². The summed E-state index contributed by atoms with van der Waals surface area (Å²) in [5, 5.41) is 19.5. The second kappa shape index (κ2) is 7.53. The quantitative estimate of drug-likeness (QED) is 0.517. The molecule has 0 atom stereocenters. The highest BCUT2D eigenvalue weighted by atomic mass is 16.3. The maximum Gasteiger partial charge on any atom is 0.236 e. The number of nitrogens with zero attached hydrogens (tertiary/aromatic N) is 2. The van der Waals surface area contributed by atoms with Gasteiger partial charge in [0.15, 0.2) is 0 Å². The van der Waals surface area contributed by atoms with Gasteiger partial charge in [-0.05, 0) is 0 Å². The molecule has 0 rings (SSSR count). The Bertz CT molecular complexity index is 188. The summed E-state index contributed by atoms with van der Waals surface area (Å²) in [6, 6.07) is 1.97. The third-order valence-electron chi connectivity index (χ3n) is 1.55. The summed E-state index contributed by atoms with van der Waals surface area (Å²) in [5.74, 6) is -0.0660. The molecule has 0 unspecified atom stereocenters. The molecule has 0 spiro atoms. The number of amides is 1. The Morgan fingerprint density at radius 3 is 2.92 bits per heavy atom. The largest absolute Gasteiger partial charge is 0.395 e. The number of hydrogen-bond donors (Lipinski definition) is 2. The molecule has 5 heteroatoms. The average molecular weight is 185 g/mol. The highest BCUT2D eigenvalue weighted by Crippen LogP contribution is 1.86. The third kappa shape index (κ3) is 6.08. The molecule has 0 aliphatic carbocycles. The number of nitrogens with one attached hydrogen (secondary N) is 1. The first kappa shape index (κ1) is 11.9. The third-order valence-corrected chi connectivity index (χ3v) is 1.55. The minimum absolute atomic E-state index is 0.0230. The zero-order valence-electron chi connectivity index (χ0n) is 7.79. The van der Waals surface area contributed by atoms with E-state index in [1.54, 1.807) is 7.05 Å². The number of rotatable bonds is 6. The lowest BCUT2D eigenvalue weighted by Gasteiger charge is -2.15. The molecule has 0 aromatic heterocycles. The molecule has 0 saturated carbocycles. The van der Waals surface area contributed by atoms with Gasteiger partial charge in [-0.3, -0.25) is 4.79 Å². The van der Waals surface area contributed by atoms with Crippen LogP contribution in [0.1, 0.15) is 6.42 Å². The number of likely N-dealkylation sites (N-methyl/N-ethyl adjacent to an activating group) is 1. The fourth-order valence-corrected chi connectivity index (χ4v) is 0.752. The molecule has 0 aliphatic rings. The van der Waals surface area contributed by atoms with E-state index in [0.29, 0.717) is 19.5 Å². The molecule has 13 heavy (non-hydrogen) atoms. The Kier molecular flexibility index (Phi) is 6.88. The molecular weight excluding hydrogens is 170 g/mol. The lowest BCUT2D eigenvalue weighted by Crippen LogP contribution is -2.36. The fourth-order valence-electron chi connectivity index (χ4n) is 0.752. The molecule has 0 heterocycles. The van der Waals surface area contributed by atoms with Crippen LogP contribution in [0.15, 0.2) is 0 Å². The van der Waals surface area contributed by atoms with Gasteiger partial charge in [-0.1, -0.05) is 0 Å². The number of aliphatic hydroxyl groups excluding tert-OH is 1. The van der Waals surface area contributed by atoms with E-state index in [4.69, 9.17) is 10.4 Å². The van der Waals surface area contributed by atoms with Crippen LogP contribution in [0.5, 0.6) is 0 Å². The van der Waals surface area contributed by atoms with Gasteiger partial charge in [0.05, 0.1) is 25.6 Å². The van der Waals surface area contributed by atoms with Gasteiger partial charge in [0, 0.05) is 20.1 Å². The number of aliphatic hydroxyl groups is 1. The summed E-state index contributed by atoms with van der Waals surface area (Å²) in [6.07, 6.45) is 0.349. The van der Waals surface area contributed by atoms with Crippen LogP contribution in [0, 0.1) is 11.3 Å². The average Bonchev–Trinajstić information content (AvgIpc) is 2.14. The summed E-state index contributed by atoms with van der Waals surface area (Å²) in [5.41, 5.74) is 0. The number of nitriles is 1. The van der Waals surface area contributed by atoms with Crippen LogP contribution in [-0.4, -0.2) is 49.2 Å². The maximum absolute atomic E-state index is 11.2. The van der Waals surface area contributed by atoms with E-state index in [9.17, 15) is 4.79 Å². The summed E-state index contributed by atoms with van der Waals surface area (Å²) in [6.45, 7) is 1.10. The molecule has 0 bridgehead atoms. The van der Waals surface area contributed by atoms with Crippen molar-refractivity contribution in [3.8, 4) is 6.07 Å². The van der Waals surface area contributed by atoms with Crippen LogP contribution in [0.3, 0.4) is 0 Å². The zero-order valence-corrected chi connectivity index (χ0v) is 7.79. The fraction of sp³-hybridized carbons (Fsp3) is 0.750. The monoisotopic (exact) mass is 185 g/mol. The predicted molar refractivity (Wildman–Crippen MR) is 47.8 cm³/mol. The number of carbonyl (C=O) groups excluding carboxylic acids is 1. The van der Waals surface area contributed by atoms with Crippen molar-refractivity contribution in [2.75, 3.05) is 33.3 Å². The molecular formula is C8H15N3O2. The Hall–Kier alpha value is -1.12. The Labute approximate surface area is 78.0 Å². The Morgan fingerprint density at radius 1 is 1.69 bits per heavy atom. The standard InChI is InChI=1S/C8H15N3O2/c1-11(5-2-3-9)8(13)7-10-4-6-12/h10,12H,2,4-7H2,1H3. The normalized spacial score (nSPS) is 9.31. The molecule has 0 saturated heterocycles. The molecule has 0 aliphatic heterocycles. The van der Waals surface area contributed by atoms with Crippen LogP contribution in [-0.2, 0) is 4.79 Å². The zero-order chi connectivity index (χ0) is 10.1. The van der Waals surface area contributed by atoms with Crippen LogP contribution < -0.4 is 5.32 Å². The van der Waals surface area contributed by atoms with Gasteiger partial charge in [0.2, 0.25) is 5.91 Å². The highest BCUT2D eigenvalue weighted by molar-refractivity contribution is 5.77. The van der Waals surface area contributed by atoms with E-state index in [1.807, 2.05) is 6.07 Å². The van der Waals surface area contributed by atoms with Crippen LogP contribution in [0.25, 0.3) is 0 Å². The van der Waals surface area contributed by atoms with Gasteiger partial charge < -0.3 is 15.3 Å². The molecule has 0 aromatic carbocycles. The Balaban J connectivity index is 3.52. The smallest absolute Gasteiger partial charge is 0.236 e. The first-order valence-corrected chi connectivity index (χ1v) is 4.15. The van der Waals surface area contributed by atoms with E-state index < -0.39 is 0 Å². The first-order chi connectivity index (χ1) is 6.22. The molecule has 5 nitrogen and oxygen atoms in total. The van der Waals surface area contributed by atoms with Crippen molar-refractivity contribution in [1.29, 1.82) is 5.26 Å². The first-order valence-electron chi connectivity index (χ1n) is 4.15. The van der Waals surface area contributed by atoms with Gasteiger partial charge in [-0.2, -0.15) is 5.26 Å². The van der Waals surface area contributed by atoms with E-state index in [2.05, 4.69) is 5.32 Å². The SMILES string of the molecule is CN(CCC#N)C(=O)CNCCO. The second-order valence-electron chi connectivity index (χ2n) is 2.62. The van der Waals surface area contributed by atoms with E-state index in [1.165, 1.54) is 4.90 Å². The van der Waals surface area contributed by atoms with Gasteiger partial charge in [0.25, 0.3) is 0 Å². The van der Waals surface area contributed by atoms with Crippen molar-refractivity contribution in [3.63, 3.8) is 0 Å². The topological polar surface area (TPSA) is 76.4 Å². The van der Waals surface area contributed by atoms with Gasteiger partial charge >= 0.3 is 0 Å². The van der Waals surface area contributed by atoms with E-state index >= 15 is 0 Å². The minimum atomic E-state index is -0.0660. The van der Waals surface area contributed by atoms with E-state index in [0.717, 1.165) is 0 Å². The Morgan fingerprint density at radius 2 is 2.38 bits per heavy atom. The van der Waals surface area contributed by atoms with Crippen LogP contribution in [0.4, 0.5) is 0 Å². The molecule has 0 radical (unpaired) electrons. The summed E-state index contributed by atoms with van der Waals surface area (Å²) >= 11 is 0. The van der Waals surface area contributed by atoms with Crippen molar-refractivity contribution < 1.29 is 9.90 Å². The summed E-state index contributed by atoms with van der Waals surface area (Å²) < 4.78 is 0. The predicted octanol–water partition coefficient (Wildman–Crippen LogP) is -1.06. The van der Waals surface area contributed by atoms with Crippen molar-refractivity contribution >= 4 is 5.91 Å². The maximum atomic E-state index is 11.2. The van der Waals surface area contributed by atoms with Crippen molar-refractivity contribution in [2.45, 2.75) is 6.42 Å². The minimum Gasteiger partial charge on any atom is -0.395 e. The van der Waals surface area contributed by atoms with Crippen molar-refractivity contribution in [2.24, 2.45) is 0 Å². The second-order valence-corrected chi connectivity index (χ2v) is 2.62. The van der Waals surface area contributed by atoms with E-state index in [-0.39, 0.29) is 19.1 Å². The lowest BCUT2D eigenvalue weighted by atomic mass is 10.4. The van der Waals surface area contributed by atoms with Crippen LogP contribution >= 0.6 is 0 Å². The lowest BCUT2D eigenvalue weighted by molar-refractivity contribution is -0.128. The molecule has 0 aromatic rings. The summed E-state index contributed by atoms with van der Waals surface area (Å²) in [4.78, 5) is 12.7. The highest BCUT2D eigenvalue weighted by Gasteiger charge is 2.06. The van der Waals surface area contributed by atoms with Crippen LogP contribution in [0.2, 0.25) is 0 Å². The van der Waals surface area contributed by atoms with Gasteiger partial charge in [-0.25, -0.2) is 0 Å². The molecule has 1 amide bonds. The van der Waals surface area contributed by atoms with Crippen molar-refractivity contribution in [3.05, 3.63) is 0 Å². The number of carbonyl (C=O) groups is 1. The molecule has 2 N–H and O–H groups in total. The van der Waals surface area contributed by atoms with Crippen molar-refractivity contribution in [1.82, 2.24) is 10.2 Å². The number of hydrogen-bond acceptors (Lipinski definition) is 4. The van der Waals surface area contributed by atoms with Gasteiger partial charge in [0.1, 0.15) is 0 Å². The summed E-state index contributed by atoms with van der Waals surface area (Å²) in [7, 11) is 1.65.